The van der Waals surface area contributed by atoms with Crippen LogP contribution in [-0.4, -0.2) is 27.6 Å². The van der Waals surface area contributed by atoms with Crippen LogP contribution in [0.5, 0.6) is 0 Å². The van der Waals surface area contributed by atoms with E-state index in [4.69, 9.17) is 4.74 Å². The number of esters is 1. The summed E-state index contributed by atoms with van der Waals surface area (Å²) < 4.78 is 20.3. The third-order valence-corrected chi connectivity index (χ3v) is 5.37. The Morgan fingerprint density at radius 3 is 2.35 bits per heavy atom. The van der Waals surface area contributed by atoms with Gasteiger partial charge < -0.3 is 4.74 Å². The molecule has 0 fully saturated rings. The maximum atomic E-state index is 13.5. The zero-order chi connectivity index (χ0) is 21.5. The minimum atomic E-state index is -0.366. The van der Waals surface area contributed by atoms with Crippen LogP contribution in [0.3, 0.4) is 0 Å². The summed E-state index contributed by atoms with van der Waals surface area (Å²) in [6.07, 6.45) is 1.76. The van der Waals surface area contributed by atoms with Crippen molar-refractivity contribution in [2.45, 2.75) is 6.92 Å². The quantitative estimate of drug-likeness (QED) is 0.369. The molecule has 2 aromatic heterocycles. The number of carbonyl (C=O) groups excluding carboxylic acids is 1. The highest BCUT2D eigenvalue weighted by Gasteiger charge is 2.14. The molecule has 0 unspecified atom stereocenters. The van der Waals surface area contributed by atoms with E-state index in [-0.39, 0.29) is 11.8 Å². The molecule has 0 aliphatic heterocycles. The van der Waals surface area contributed by atoms with Crippen molar-refractivity contribution < 1.29 is 13.9 Å². The zero-order valence-electron chi connectivity index (χ0n) is 17.0. The molecular formula is C25H18FN3O2. The maximum Gasteiger partial charge on any atom is 0.337 e. The number of aromatic nitrogens is 3. The summed E-state index contributed by atoms with van der Waals surface area (Å²) in [4.78, 5) is 20.9. The molecule has 31 heavy (non-hydrogen) atoms. The highest BCUT2D eigenvalue weighted by atomic mass is 19.1. The van der Waals surface area contributed by atoms with Gasteiger partial charge in [0.15, 0.2) is 0 Å². The number of ether oxygens (including phenoxy) is 1. The Kier molecular flexibility index (Phi) is 4.47. The molecule has 5 nitrogen and oxygen atoms in total. The Bertz CT molecular complexity index is 1440. The first-order valence-corrected chi connectivity index (χ1v) is 9.77. The van der Waals surface area contributed by atoms with Crippen molar-refractivity contribution >= 4 is 27.9 Å². The second-order valence-electron chi connectivity index (χ2n) is 7.26. The Morgan fingerprint density at radius 1 is 0.935 bits per heavy atom. The molecule has 5 rings (SSSR count). The molecule has 0 spiro atoms. The highest BCUT2D eigenvalue weighted by Crippen LogP contribution is 2.31. The molecule has 0 radical (unpaired) electrons. The van der Waals surface area contributed by atoms with Gasteiger partial charge in [0.25, 0.3) is 0 Å². The first-order valence-electron chi connectivity index (χ1n) is 9.77. The number of hydrogen-bond donors (Lipinski definition) is 0. The lowest BCUT2D eigenvalue weighted by Crippen LogP contribution is -2.00. The fraction of sp³-hybridized carbons (Fsp3) is 0.0800. The summed E-state index contributed by atoms with van der Waals surface area (Å²) in [5.74, 6) is 0.147. The second-order valence-corrected chi connectivity index (χ2v) is 7.26. The topological polar surface area (TPSA) is 57.0 Å². The number of benzene rings is 3. The smallest absolute Gasteiger partial charge is 0.337 e. The van der Waals surface area contributed by atoms with E-state index in [0.717, 1.165) is 44.6 Å². The minimum Gasteiger partial charge on any atom is -0.465 e. The third kappa shape index (κ3) is 3.22. The highest BCUT2D eigenvalue weighted by molar-refractivity contribution is 6.04. The molecule has 0 saturated heterocycles. The van der Waals surface area contributed by atoms with Crippen molar-refractivity contribution in [3.05, 3.63) is 90.1 Å². The van der Waals surface area contributed by atoms with Crippen molar-refractivity contribution in [2.24, 2.45) is 0 Å². The molecule has 152 valence electrons. The number of rotatable bonds is 3. The van der Waals surface area contributed by atoms with Crippen LogP contribution in [0.25, 0.3) is 38.8 Å². The average Bonchev–Trinajstić information content (AvgIpc) is 3.15. The lowest BCUT2D eigenvalue weighted by Gasteiger charge is -2.10. The van der Waals surface area contributed by atoms with E-state index in [0.29, 0.717) is 5.56 Å². The van der Waals surface area contributed by atoms with Crippen LogP contribution in [0, 0.1) is 12.7 Å². The maximum absolute atomic E-state index is 13.5. The van der Waals surface area contributed by atoms with Crippen LogP contribution < -0.4 is 0 Å². The molecule has 0 bridgehead atoms. The van der Waals surface area contributed by atoms with E-state index in [9.17, 15) is 9.18 Å². The van der Waals surface area contributed by atoms with Gasteiger partial charge in [-0.05, 0) is 66.6 Å². The van der Waals surface area contributed by atoms with Crippen molar-refractivity contribution in [3.8, 4) is 16.8 Å². The van der Waals surface area contributed by atoms with Crippen molar-refractivity contribution in [1.29, 1.82) is 0 Å². The lowest BCUT2D eigenvalue weighted by molar-refractivity contribution is 0.0600. The molecular weight excluding hydrogens is 393 g/mol. The first kappa shape index (κ1) is 18.9. The monoisotopic (exact) mass is 411 g/mol. The average molecular weight is 411 g/mol. The summed E-state index contributed by atoms with van der Waals surface area (Å²) >= 11 is 0. The fourth-order valence-electron chi connectivity index (χ4n) is 3.87. The van der Waals surface area contributed by atoms with Gasteiger partial charge in [-0.25, -0.2) is 14.2 Å². The van der Waals surface area contributed by atoms with E-state index in [1.54, 1.807) is 30.5 Å². The van der Waals surface area contributed by atoms with Gasteiger partial charge in [0.2, 0.25) is 0 Å². The normalized spacial score (nSPS) is 11.2. The van der Waals surface area contributed by atoms with Crippen LogP contribution in [-0.2, 0) is 4.74 Å². The summed E-state index contributed by atoms with van der Waals surface area (Å²) in [5, 5.41) is 0.942. The molecule has 0 saturated carbocycles. The Morgan fingerprint density at radius 2 is 1.65 bits per heavy atom. The van der Waals surface area contributed by atoms with Gasteiger partial charge in [0, 0.05) is 11.1 Å². The number of halogens is 1. The summed E-state index contributed by atoms with van der Waals surface area (Å²) in [5.41, 5.74) is 5.82. The minimum absolute atomic E-state index is 0.282. The number of methoxy groups -OCH3 is 1. The first-order chi connectivity index (χ1) is 15.0. The molecule has 3 aromatic carbocycles. The number of aryl methyl sites for hydroxylation is 1. The molecule has 5 aromatic rings. The summed E-state index contributed by atoms with van der Waals surface area (Å²) in [7, 11) is 1.37. The standard InChI is InChI=1S/C25H18FN3O2/c1-15-28-23-14-27-22-12-7-18(16-3-5-17(6-4-16)25(30)31-2)13-21(22)24(23)29(15)20-10-8-19(26)9-11-20/h3-14H,1-2H3. The van der Waals surface area contributed by atoms with Crippen LogP contribution in [0.4, 0.5) is 4.39 Å². The zero-order valence-corrected chi connectivity index (χ0v) is 17.0. The predicted octanol–water partition coefficient (Wildman–Crippen LogP) is 5.47. The largest absolute Gasteiger partial charge is 0.465 e. The van der Waals surface area contributed by atoms with Gasteiger partial charge in [0.05, 0.1) is 29.9 Å². The van der Waals surface area contributed by atoms with Gasteiger partial charge in [-0.1, -0.05) is 18.2 Å². The second kappa shape index (κ2) is 7.32. The van der Waals surface area contributed by atoms with Crippen LogP contribution >= 0.6 is 0 Å². The number of hydrogen-bond acceptors (Lipinski definition) is 4. The van der Waals surface area contributed by atoms with Crippen LogP contribution in [0.2, 0.25) is 0 Å². The molecule has 0 N–H and O–H groups in total. The van der Waals surface area contributed by atoms with Crippen LogP contribution in [0.1, 0.15) is 16.2 Å². The van der Waals surface area contributed by atoms with E-state index in [1.807, 2.05) is 35.8 Å². The third-order valence-electron chi connectivity index (χ3n) is 5.37. The van der Waals surface area contributed by atoms with Crippen molar-refractivity contribution in [1.82, 2.24) is 14.5 Å². The molecule has 6 heteroatoms. The molecule has 0 aliphatic rings. The number of fused-ring (bicyclic) bond motifs is 3. The van der Waals surface area contributed by atoms with E-state index in [1.165, 1.54) is 19.2 Å². The molecule has 0 aliphatic carbocycles. The van der Waals surface area contributed by atoms with E-state index in [2.05, 4.69) is 16.0 Å². The number of imidazole rings is 1. The lowest BCUT2D eigenvalue weighted by atomic mass is 10.0. The number of pyridine rings is 1. The Balaban J connectivity index is 1.71. The molecule has 2 heterocycles. The van der Waals surface area contributed by atoms with Gasteiger partial charge in [-0.15, -0.1) is 0 Å². The number of nitrogens with zero attached hydrogens (tertiary/aromatic N) is 3. The number of carbonyl (C=O) groups is 1. The Labute approximate surface area is 177 Å². The van der Waals surface area contributed by atoms with Gasteiger partial charge in [-0.3, -0.25) is 9.55 Å². The summed E-state index contributed by atoms with van der Waals surface area (Å²) in [6, 6.07) is 19.7. The van der Waals surface area contributed by atoms with Gasteiger partial charge in [-0.2, -0.15) is 0 Å². The van der Waals surface area contributed by atoms with Crippen LogP contribution in [0.15, 0.2) is 72.9 Å². The van der Waals surface area contributed by atoms with E-state index < -0.39 is 0 Å². The molecule has 0 atom stereocenters. The predicted molar refractivity (Wildman–Crippen MR) is 118 cm³/mol. The van der Waals surface area contributed by atoms with Gasteiger partial charge >= 0.3 is 5.97 Å². The molecule has 0 amide bonds. The fourth-order valence-corrected chi connectivity index (χ4v) is 3.87. The van der Waals surface area contributed by atoms with Gasteiger partial charge in [0.1, 0.15) is 17.2 Å². The van der Waals surface area contributed by atoms with E-state index >= 15 is 0 Å². The van der Waals surface area contributed by atoms with Crippen molar-refractivity contribution in [3.63, 3.8) is 0 Å². The summed E-state index contributed by atoms with van der Waals surface area (Å²) in [6.45, 7) is 1.92. The van der Waals surface area contributed by atoms with Crippen molar-refractivity contribution in [2.75, 3.05) is 7.11 Å². The SMILES string of the molecule is COC(=O)c1ccc(-c2ccc3ncc4nc(C)n(-c5ccc(F)cc5)c4c3c2)cc1. The Hall–Kier alpha value is -4.06.